The Morgan fingerprint density at radius 1 is 0.289 bits per heavy atom. The van der Waals surface area contributed by atoms with Crippen molar-refractivity contribution in [3.8, 4) is 44.5 Å². The SMILES string of the molecule is [2H]c1c([2H])c([2H])c(-c2c([2H])c([2H])c(-c3c([2H])c([2H])c4c(-c5c([2H])c([2H])c([2H])c([2H])c5[2H])c5c([2H])c([2H])c([2H])c([2H])c5c(-c5c([2H])c([2H])c6c(oc7c([2H])c([2H])c([2H])c([2H])c76)c5[2H])c4c3[2H])c([2H])c2[2H])c([2H])c1[2H]. The molecule has 1 nitrogen and oxygen atoms in total. The van der Waals surface area contributed by atoms with Crippen molar-refractivity contribution >= 4 is 43.5 Å². The zero-order chi connectivity index (χ0) is 54.1. The van der Waals surface area contributed by atoms with Gasteiger partial charge in [-0.3, -0.25) is 0 Å². The number of furan rings is 1. The lowest BCUT2D eigenvalue weighted by atomic mass is 9.84. The summed E-state index contributed by atoms with van der Waals surface area (Å²) in [5.41, 5.74) is -7.83. The molecule has 0 atom stereocenters. The van der Waals surface area contributed by atoms with E-state index in [4.69, 9.17) is 29.1 Å². The molecule has 0 spiro atoms. The first-order valence-electron chi connectivity index (χ1n) is 27.2. The Kier molecular flexibility index (Phi) is 2.32. The van der Waals surface area contributed by atoms with Gasteiger partial charge < -0.3 is 4.42 Å². The van der Waals surface area contributed by atoms with Gasteiger partial charge in [0.05, 0.1) is 38.4 Å². The Morgan fingerprint density at radius 3 is 1.44 bits per heavy atom. The van der Waals surface area contributed by atoms with E-state index in [2.05, 4.69) is 0 Å². The van der Waals surface area contributed by atoms with Gasteiger partial charge in [-0.2, -0.15) is 0 Å². The Balaban J connectivity index is 1.61. The normalized spacial score (nSPS) is 20.3. The van der Waals surface area contributed by atoms with Crippen molar-refractivity contribution in [3.05, 3.63) is 169 Å². The molecule has 9 rings (SSSR count). The fourth-order valence-corrected chi connectivity index (χ4v) is 5.08. The van der Waals surface area contributed by atoms with Crippen LogP contribution in [0.15, 0.2) is 174 Å². The molecule has 210 valence electrons. The first kappa shape index (κ1) is 10.1. The van der Waals surface area contributed by atoms with Gasteiger partial charge in [-0.15, -0.1) is 0 Å². The zero-order valence-corrected chi connectivity index (χ0v) is 22.4. The molecule has 0 amide bonds. The van der Waals surface area contributed by atoms with Crippen molar-refractivity contribution in [1.29, 1.82) is 0 Å². The summed E-state index contributed by atoms with van der Waals surface area (Å²) in [6.45, 7) is 0. The van der Waals surface area contributed by atoms with Crippen LogP contribution in [-0.2, 0) is 0 Å². The molecular formula is C44H28O. The maximum Gasteiger partial charge on any atom is 0.136 e. The molecule has 1 heteroatoms. The second kappa shape index (κ2) is 10.4. The Labute approximate surface area is 301 Å². The highest BCUT2D eigenvalue weighted by molar-refractivity contribution is 6.22. The van der Waals surface area contributed by atoms with Crippen LogP contribution in [0.2, 0.25) is 0 Å². The summed E-state index contributed by atoms with van der Waals surface area (Å²) in [6, 6.07) is -26.8. The number of hydrogen-bond acceptors (Lipinski definition) is 1. The number of rotatable bonds is 4. The lowest BCUT2D eigenvalue weighted by Gasteiger charge is -2.19. The van der Waals surface area contributed by atoms with E-state index in [1.165, 1.54) is 0 Å². The lowest BCUT2D eigenvalue weighted by molar-refractivity contribution is 0.669. The number of benzene rings is 8. The highest BCUT2D eigenvalue weighted by Crippen LogP contribution is 2.45. The summed E-state index contributed by atoms with van der Waals surface area (Å²) in [5.74, 6) is 0. The van der Waals surface area contributed by atoms with Gasteiger partial charge in [0.2, 0.25) is 0 Å². The average molecular weight is 601 g/mol. The summed E-state index contributed by atoms with van der Waals surface area (Å²) in [7, 11) is 0. The highest BCUT2D eigenvalue weighted by atomic mass is 16.3. The molecule has 0 saturated carbocycles. The second-order valence-corrected chi connectivity index (χ2v) is 9.51. The first-order chi connectivity index (χ1) is 34.0. The van der Waals surface area contributed by atoms with Gasteiger partial charge in [-0.05, 0) is 90.2 Å². The molecule has 8 aromatic carbocycles. The molecule has 9 aromatic rings. The third-order valence-electron chi connectivity index (χ3n) is 7.01. The van der Waals surface area contributed by atoms with Crippen molar-refractivity contribution in [2.45, 2.75) is 0 Å². The molecule has 0 bridgehead atoms. The van der Waals surface area contributed by atoms with Crippen LogP contribution in [0, 0.1) is 0 Å². The molecule has 0 unspecified atom stereocenters. The minimum absolute atomic E-state index is 0.418. The summed E-state index contributed by atoms with van der Waals surface area (Å²) in [5, 5.41) is -4.04. The van der Waals surface area contributed by atoms with Crippen LogP contribution >= 0.6 is 0 Å². The van der Waals surface area contributed by atoms with Crippen molar-refractivity contribution in [2.75, 3.05) is 0 Å². The van der Waals surface area contributed by atoms with Crippen LogP contribution in [0.4, 0.5) is 0 Å². The molecule has 1 heterocycles. The van der Waals surface area contributed by atoms with E-state index in [0.29, 0.717) is 0 Å². The summed E-state index contributed by atoms with van der Waals surface area (Å²) >= 11 is 0. The standard InChI is InChI=1S/C44H28O/c1-3-11-29(12-4-1)30-19-21-31(22-20-30)33-23-26-39-40(27-33)44(34-24-25-36-35-15-9-10-18-41(35)45-42(36)28-34)38-17-8-7-16-37(38)43(39)32-13-5-2-6-14-32/h1-28H/i1D,2D,3D,4D,5D,6D,7D,8D,9D,10D,11D,12D,13D,14D,15D,16D,17D,18D,19D,20D,21D,22D,23D,24D,25D,26D,27D,28D. The maximum absolute atomic E-state index is 10.0. The van der Waals surface area contributed by atoms with Crippen LogP contribution in [0.5, 0.6) is 0 Å². The quantitative estimate of drug-likeness (QED) is 0.183. The zero-order valence-electron chi connectivity index (χ0n) is 50.4. The number of hydrogen-bond donors (Lipinski definition) is 0. The molecule has 1 aromatic heterocycles. The third-order valence-corrected chi connectivity index (χ3v) is 7.01. The smallest absolute Gasteiger partial charge is 0.136 e. The number of para-hydroxylation sites is 1. The van der Waals surface area contributed by atoms with E-state index in [9.17, 15) is 13.7 Å². The van der Waals surface area contributed by atoms with Crippen LogP contribution < -0.4 is 0 Å². The van der Waals surface area contributed by atoms with Gasteiger partial charge in [-0.25, -0.2) is 0 Å². The summed E-state index contributed by atoms with van der Waals surface area (Å²) < 4.78 is 256. The third kappa shape index (κ3) is 4.24. The first-order valence-corrected chi connectivity index (χ1v) is 13.2. The molecule has 0 radical (unpaired) electrons. The molecule has 0 N–H and O–H groups in total. The highest BCUT2D eigenvalue weighted by Gasteiger charge is 2.18. The molecule has 0 saturated heterocycles. The topological polar surface area (TPSA) is 13.1 Å². The molecule has 0 aliphatic carbocycles. The maximum atomic E-state index is 10.0. The second-order valence-electron chi connectivity index (χ2n) is 9.51. The predicted octanol–water partition coefficient (Wildman–Crippen LogP) is 12.6. The Bertz CT molecular complexity index is 4030. The minimum Gasteiger partial charge on any atom is -0.456 e. The van der Waals surface area contributed by atoms with Crippen molar-refractivity contribution in [1.82, 2.24) is 0 Å². The van der Waals surface area contributed by atoms with E-state index < -0.39 is 257 Å². The molecular weight excluding hydrogens is 544 g/mol. The largest absolute Gasteiger partial charge is 0.456 e. The van der Waals surface area contributed by atoms with Crippen LogP contribution in [-0.4, -0.2) is 0 Å². The van der Waals surface area contributed by atoms with Crippen LogP contribution in [0.1, 0.15) is 38.4 Å². The van der Waals surface area contributed by atoms with E-state index in [-0.39, 0.29) is 0 Å². The molecule has 0 aliphatic heterocycles. The van der Waals surface area contributed by atoms with Crippen molar-refractivity contribution < 1.29 is 42.8 Å². The van der Waals surface area contributed by atoms with E-state index in [0.717, 1.165) is 0 Å². The van der Waals surface area contributed by atoms with E-state index in [1.807, 2.05) is 0 Å². The fraction of sp³-hybridized carbons (Fsp3) is 0. The van der Waals surface area contributed by atoms with Gasteiger partial charge >= 0.3 is 0 Å². The fourth-order valence-electron chi connectivity index (χ4n) is 5.08. The van der Waals surface area contributed by atoms with Crippen molar-refractivity contribution in [3.63, 3.8) is 0 Å². The van der Waals surface area contributed by atoms with Gasteiger partial charge in [0.15, 0.2) is 0 Å². The molecule has 0 fully saturated rings. The minimum atomic E-state index is -1.12. The van der Waals surface area contributed by atoms with Gasteiger partial charge in [-0.1, -0.05) is 145 Å². The Morgan fingerprint density at radius 2 is 0.733 bits per heavy atom. The Hall–Kier alpha value is -5.92. The lowest BCUT2D eigenvalue weighted by Crippen LogP contribution is -1.91. The summed E-state index contributed by atoms with van der Waals surface area (Å²) in [4.78, 5) is 0. The monoisotopic (exact) mass is 600 g/mol. The predicted molar refractivity (Wildman–Crippen MR) is 190 cm³/mol. The summed E-state index contributed by atoms with van der Waals surface area (Å²) in [6.07, 6.45) is 0. The molecule has 0 aliphatic rings. The van der Waals surface area contributed by atoms with Crippen molar-refractivity contribution in [2.24, 2.45) is 0 Å². The average Bonchev–Trinajstić information content (AvgIpc) is 3.77. The van der Waals surface area contributed by atoms with Crippen LogP contribution in [0.25, 0.3) is 88.0 Å². The van der Waals surface area contributed by atoms with Gasteiger partial charge in [0.1, 0.15) is 11.2 Å². The van der Waals surface area contributed by atoms with E-state index >= 15 is 0 Å². The van der Waals surface area contributed by atoms with E-state index in [1.54, 1.807) is 0 Å². The molecule has 45 heavy (non-hydrogen) atoms. The van der Waals surface area contributed by atoms with Crippen LogP contribution in [0.3, 0.4) is 0 Å². The number of fused-ring (bicyclic) bond motifs is 5. The van der Waals surface area contributed by atoms with Gasteiger partial charge in [0, 0.05) is 10.8 Å². The van der Waals surface area contributed by atoms with Gasteiger partial charge in [0.25, 0.3) is 0 Å².